The molecular formula is C31H31NO4. The van der Waals surface area contributed by atoms with E-state index in [1.54, 1.807) is 11.0 Å². The van der Waals surface area contributed by atoms with Crippen LogP contribution in [0.15, 0.2) is 78.4 Å². The van der Waals surface area contributed by atoms with Gasteiger partial charge in [-0.25, -0.2) is 0 Å². The van der Waals surface area contributed by atoms with Crippen molar-refractivity contribution in [1.29, 1.82) is 0 Å². The zero-order valence-electron chi connectivity index (χ0n) is 21.1. The van der Waals surface area contributed by atoms with Crippen LogP contribution in [0.4, 0.5) is 0 Å². The lowest BCUT2D eigenvalue weighted by molar-refractivity contribution is -0.140. The molecule has 5 nitrogen and oxygen atoms in total. The number of fused-ring (bicyclic) bond motifs is 1. The van der Waals surface area contributed by atoms with Crippen LogP contribution < -0.4 is 4.74 Å². The van der Waals surface area contributed by atoms with Crippen molar-refractivity contribution in [2.24, 2.45) is 0 Å². The van der Waals surface area contributed by atoms with E-state index in [0.29, 0.717) is 5.56 Å². The van der Waals surface area contributed by atoms with Crippen LogP contribution in [0.1, 0.15) is 61.6 Å². The van der Waals surface area contributed by atoms with E-state index in [9.17, 15) is 14.7 Å². The summed E-state index contributed by atoms with van der Waals surface area (Å²) in [6.45, 7) is 8.69. The average Bonchev–Trinajstić information content (AvgIpc) is 3.35. The van der Waals surface area contributed by atoms with E-state index in [1.807, 2.05) is 73.7 Å². The molecule has 2 aliphatic heterocycles. The second-order valence-electron chi connectivity index (χ2n) is 10.7. The van der Waals surface area contributed by atoms with Gasteiger partial charge in [0.25, 0.3) is 11.7 Å². The number of ketones is 1. The van der Waals surface area contributed by atoms with Crippen molar-refractivity contribution in [3.05, 3.63) is 106 Å². The van der Waals surface area contributed by atoms with Gasteiger partial charge in [0.2, 0.25) is 0 Å². The maximum Gasteiger partial charge on any atom is 0.295 e. The van der Waals surface area contributed by atoms with Gasteiger partial charge in [0.15, 0.2) is 0 Å². The SMILES string of the molecule is CC1Cc2cc(/C(O)=C3\C(=O)C(=O)N(Cc4ccccc4)C3c3ccc(C(C)(C)C)cc3)ccc2O1. The van der Waals surface area contributed by atoms with Gasteiger partial charge in [0, 0.05) is 18.5 Å². The van der Waals surface area contributed by atoms with Crippen molar-refractivity contribution in [2.75, 3.05) is 0 Å². The van der Waals surface area contributed by atoms with E-state index in [4.69, 9.17) is 4.74 Å². The highest BCUT2D eigenvalue weighted by Crippen LogP contribution is 2.41. The molecule has 0 spiro atoms. The lowest BCUT2D eigenvalue weighted by atomic mass is 9.85. The molecule has 36 heavy (non-hydrogen) atoms. The van der Waals surface area contributed by atoms with E-state index in [0.717, 1.165) is 34.4 Å². The molecule has 2 heterocycles. The standard InChI is InChI=1S/C31H31NO4/c1-19-16-23-17-22(12-15-25(23)36-19)28(33)26-27(21-10-13-24(14-11-21)31(2,3)4)32(30(35)29(26)34)18-20-8-6-5-7-9-20/h5-15,17,19,27,33H,16,18H2,1-4H3/b28-26+. The number of rotatable bonds is 4. The van der Waals surface area contributed by atoms with Crippen molar-refractivity contribution >= 4 is 17.4 Å². The second kappa shape index (κ2) is 8.98. The first-order valence-electron chi connectivity index (χ1n) is 12.4. The quantitative estimate of drug-likeness (QED) is 0.285. The number of Topliss-reactive ketones (excluding diaryl/α,β-unsaturated/α-hetero) is 1. The second-order valence-corrected chi connectivity index (χ2v) is 10.7. The Bertz CT molecular complexity index is 1350. The summed E-state index contributed by atoms with van der Waals surface area (Å²) < 4.78 is 5.79. The summed E-state index contributed by atoms with van der Waals surface area (Å²) in [7, 11) is 0. The van der Waals surface area contributed by atoms with Crippen molar-refractivity contribution in [1.82, 2.24) is 4.90 Å². The third kappa shape index (κ3) is 4.30. The molecule has 0 bridgehead atoms. The highest BCUT2D eigenvalue weighted by atomic mass is 16.5. The predicted molar refractivity (Wildman–Crippen MR) is 140 cm³/mol. The van der Waals surface area contributed by atoms with Crippen molar-refractivity contribution in [2.45, 2.75) is 58.2 Å². The first-order valence-corrected chi connectivity index (χ1v) is 12.4. The minimum atomic E-state index is -0.692. The Balaban J connectivity index is 1.62. The molecule has 1 fully saturated rings. The number of aliphatic hydroxyl groups is 1. The van der Waals surface area contributed by atoms with Gasteiger partial charge >= 0.3 is 0 Å². The van der Waals surface area contributed by atoms with Crippen LogP contribution >= 0.6 is 0 Å². The van der Waals surface area contributed by atoms with Crippen LogP contribution in [0.5, 0.6) is 5.75 Å². The fourth-order valence-electron chi connectivity index (χ4n) is 5.06. The van der Waals surface area contributed by atoms with Crippen LogP contribution in [-0.4, -0.2) is 27.8 Å². The largest absolute Gasteiger partial charge is 0.507 e. The van der Waals surface area contributed by atoms with Gasteiger partial charge in [-0.1, -0.05) is 75.4 Å². The lowest BCUT2D eigenvalue weighted by Crippen LogP contribution is -2.29. The predicted octanol–water partition coefficient (Wildman–Crippen LogP) is 5.93. The molecule has 2 atom stereocenters. The smallest absolute Gasteiger partial charge is 0.295 e. The fraction of sp³-hybridized carbons (Fsp3) is 0.290. The Morgan fingerprint density at radius 3 is 2.36 bits per heavy atom. The van der Waals surface area contributed by atoms with Crippen molar-refractivity contribution in [3.63, 3.8) is 0 Å². The van der Waals surface area contributed by atoms with Gasteiger partial charge in [-0.05, 0) is 52.8 Å². The molecule has 5 heteroatoms. The summed E-state index contributed by atoms with van der Waals surface area (Å²) in [5.74, 6) is -0.643. The maximum atomic E-state index is 13.4. The third-order valence-corrected chi connectivity index (χ3v) is 7.00. The molecule has 1 saturated heterocycles. The Morgan fingerprint density at radius 2 is 1.69 bits per heavy atom. The molecule has 0 saturated carbocycles. The Hall–Kier alpha value is -3.86. The fourth-order valence-corrected chi connectivity index (χ4v) is 5.06. The van der Waals surface area contributed by atoms with Crippen LogP contribution in [0.25, 0.3) is 5.76 Å². The Morgan fingerprint density at radius 1 is 1.00 bits per heavy atom. The molecule has 2 unspecified atom stereocenters. The first kappa shape index (κ1) is 23.9. The summed E-state index contributed by atoms with van der Waals surface area (Å²) in [6, 6.07) is 22.3. The van der Waals surface area contributed by atoms with Crippen LogP contribution in [0.2, 0.25) is 0 Å². The highest BCUT2D eigenvalue weighted by molar-refractivity contribution is 6.46. The third-order valence-electron chi connectivity index (χ3n) is 7.00. The Labute approximate surface area is 212 Å². The summed E-state index contributed by atoms with van der Waals surface area (Å²) in [4.78, 5) is 28.3. The number of ether oxygens (including phenoxy) is 1. The Kier molecular flexibility index (Phi) is 5.95. The summed E-state index contributed by atoms with van der Waals surface area (Å²) >= 11 is 0. The van der Waals surface area contributed by atoms with E-state index >= 15 is 0 Å². The monoisotopic (exact) mass is 481 g/mol. The number of likely N-dealkylation sites (tertiary alicyclic amines) is 1. The summed E-state index contributed by atoms with van der Waals surface area (Å²) in [6.07, 6.45) is 0.798. The number of hydrogen-bond donors (Lipinski definition) is 1. The van der Waals surface area contributed by atoms with Gasteiger partial charge in [-0.2, -0.15) is 0 Å². The molecule has 0 aliphatic carbocycles. The van der Waals surface area contributed by atoms with E-state index in [2.05, 4.69) is 20.8 Å². The number of hydrogen-bond acceptors (Lipinski definition) is 4. The van der Waals surface area contributed by atoms with E-state index in [-0.39, 0.29) is 29.4 Å². The first-order chi connectivity index (χ1) is 17.1. The summed E-state index contributed by atoms with van der Waals surface area (Å²) in [5, 5.41) is 11.4. The molecule has 184 valence electrons. The van der Waals surface area contributed by atoms with Gasteiger partial charge < -0.3 is 14.7 Å². The topological polar surface area (TPSA) is 66.8 Å². The van der Waals surface area contributed by atoms with Gasteiger partial charge in [-0.3, -0.25) is 9.59 Å². The molecule has 0 radical (unpaired) electrons. The number of carbonyl (C=O) groups excluding carboxylic acids is 2. The molecular weight excluding hydrogens is 450 g/mol. The minimum absolute atomic E-state index is 0.0337. The molecule has 0 aromatic heterocycles. The number of benzene rings is 3. The number of amides is 1. The molecule has 1 amide bonds. The van der Waals surface area contributed by atoms with Gasteiger partial charge in [-0.15, -0.1) is 0 Å². The van der Waals surface area contributed by atoms with E-state index in [1.165, 1.54) is 0 Å². The lowest BCUT2D eigenvalue weighted by Gasteiger charge is -2.26. The maximum absolute atomic E-state index is 13.4. The van der Waals surface area contributed by atoms with Crippen molar-refractivity contribution < 1.29 is 19.4 Å². The molecule has 5 rings (SSSR count). The minimum Gasteiger partial charge on any atom is -0.507 e. The van der Waals surface area contributed by atoms with Crippen LogP contribution in [0.3, 0.4) is 0 Å². The molecule has 3 aromatic rings. The number of aliphatic hydroxyl groups excluding tert-OH is 1. The molecule has 3 aromatic carbocycles. The zero-order valence-corrected chi connectivity index (χ0v) is 21.1. The summed E-state index contributed by atoms with van der Waals surface area (Å²) in [5.41, 5.74) is 4.44. The van der Waals surface area contributed by atoms with Gasteiger partial charge in [0.05, 0.1) is 11.6 Å². The normalized spacial score (nSPS) is 20.9. The number of nitrogens with zero attached hydrogens (tertiary/aromatic N) is 1. The van der Waals surface area contributed by atoms with Crippen LogP contribution in [0, 0.1) is 0 Å². The number of carbonyl (C=O) groups is 2. The van der Waals surface area contributed by atoms with Crippen LogP contribution in [-0.2, 0) is 28.0 Å². The highest BCUT2D eigenvalue weighted by Gasteiger charge is 2.46. The van der Waals surface area contributed by atoms with Gasteiger partial charge in [0.1, 0.15) is 17.6 Å². The molecule has 1 N–H and O–H groups in total. The van der Waals surface area contributed by atoms with Crippen molar-refractivity contribution in [3.8, 4) is 5.75 Å². The zero-order chi connectivity index (χ0) is 25.6. The average molecular weight is 482 g/mol. The van der Waals surface area contributed by atoms with E-state index < -0.39 is 17.7 Å². The molecule has 2 aliphatic rings.